The first kappa shape index (κ1) is 14.4. The first-order valence-corrected chi connectivity index (χ1v) is 8.17. The van der Waals surface area contributed by atoms with Gasteiger partial charge in [-0.05, 0) is 56.1 Å². The minimum absolute atomic E-state index is 0.194. The van der Waals surface area contributed by atoms with Gasteiger partial charge in [-0.1, -0.05) is 24.1 Å². The number of benzene rings is 1. The number of rotatable bonds is 6. The minimum atomic E-state index is 0.194. The molecule has 1 amide bonds. The molecule has 1 aromatic carbocycles. The molecule has 0 heterocycles. The van der Waals surface area contributed by atoms with E-state index in [2.05, 4.69) is 12.2 Å². The Balaban J connectivity index is 1.32. The Hall–Kier alpha value is -1.51. The van der Waals surface area contributed by atoms with Crippen LogP contribution in [0.2, 0.25) is 0 Å². The summed E-state index contributed by atoms with van der Waals surface area (Å²) in [6.07, 6.45) is 6.10. The van der Waals surface area contributed by atoms with E-state index >= 15 is 0 Å². The van der Waals surface area contributed by atoms with Gasteiger partial charge >= 0.3 is 0 Å². The summed E-state index contributed by atoms with van der Waals surface area (Å²) in [6.45, 7) is 3.18. The number of nitrogens with one attached hydrogen (secondary N) is 1. The first-order valence-electron chi connectivity index (χ1n) is 8.17. The van der Waals surface area contributed by atoms with Crippen molar-refractivity contribution < 1.29 is 9.53 Å². The molecule has 2 aliphatic carbocycles. The summed E-state index contributed by atoms with van der Waals surface area (Å²) in [5.74, 6) is 3.44. The van der Waals surface area contributed by atoms with Crippen LogP contribution in [0.1, 0.15) is 37.7 Å². The van der Waals surface area contributed by atoms with Crippen LogP contribution >= 0.6 is 0 Å². The second-order valence-electron chi connectivity index (χ2n) is 6.65. The summed E-state index contributed by atoms with van der Waals surface area (Å²) in [4.78, 5) is 12.0. The van der Waals surface area contributed by atoms with Crippen LogP contribution < -0.4 is 10.1 Å². The van der Waals surface area contributed by atoms with Crippen molar-refractivity contribution >= 4 is 5.91 Å². The molecule has 0 aromatic heterocycles. The molecule has 3 atom stereocenters. The molecule has 2 bridgehead atoms. The maximum Gasteiger partial charge on any atom is 0.220 e. The number of carbonyl (C=O) groups excluding carboxylic acids is 1. The number of fused-ring (bicyclic) bond motifs is 2. The number of hydrogen-bond acceptors (Lipinski definition) is 2. The van der Waals surface area contributed by atoms with E-state index < -0.39 is 0 Å². The molecule has 2 fully saturated rings. The zero-order chi connectivity index (χ0) is 14.7. The van der Waals surface area contributed by atoms with Gasteiger partial charge in [0.25, 0.3) is 0 Å². The van der Waals surface area contributed by atoms with Gasteiger partial charge in [0.15, 0.2) is 0 Å². The number of carbonyl (C=O) groups is 1. The highest BCUT2D eigenvalue weighted by Gasteiger charge is 2.39. The largest absolute Gasteiger partial charge is 0.492 e. The molecule has 21 heavy (non-hydrogen) atoms. The smallest absolute Gasteiger partial charge is 0.220 e. The van der Waals surface area contributed by atoms with Crippen LogP contribution in [0.5, 0.6) is 5.75 Å². The van der Waals surface area contributed by atoms with Crippen LogP contribution in [0.15, 0.2) is 24.3 Å². The van der Waals surface area contributed by atoms with Gasteiger partial charge in [-0.2, -0.15) is 0 Å². The summed E-state index contributed by atoms with van der Waals surface area (Å²) in [7, 11) is 0. The third-order valence-corrected chi connectivity index (χ3v) is 5.05. The fourth-order valence-corrected chi connectivity index (χ4v) is 3.93. The Morgan fingerprint density at radius 1 is 1.24 bits per heavy atom. The molecule has 114 valence electrons. The van der Waals surface area contributed by atoms with E-state index in [4.69, 9.17) is 4.74 Å². The second-order valence-corrected chi connectivity index (χ2v) is 6.65. The summed E-state index contributed by atoms with van der Waals surface area (Å²) in [5.41, 5.74) is 1.22. The number of hydrogen-bond donors (Lipinski definition) is 1. The van der Waals surface area contributed by atoms with Crippen molar-refractivity contribution in [2.45, 2.75) is 39.0 Å². The Bertz CT molecular complexity index is 482. The first-order chi connectivity index (χ1) is 10.2. The van der Waals surface area contributed by atoms with E-state index in [-0.39, 0.29) is 5.91 Å². The highest BCUT2D eigenvalue weighted by Crippen LogP contribution is 2.49. The van der Waals surface area contributed by atoms with Gasteiger partial charge in [-0.15, -0.1) is 0 Å². The zero-order valence-electron chi connectivity index (χ0n) is 12.8. The predicted molar refractivity (Wildman–Crippen MR) is 83.2 cm³/mol. The third kappa shape index (κ3) is 3.78. The highest BCUT2D eigenvalue weighted by molar-refractivity contribution is 5.76. The van der Waals surface area contributed by atoms with Crippen LogP contribution in [0.25, 0.3) is 0 Å². The van der Waals surface area contributed by atoms with Crippen molar-refractivity contribution in [3.8, 4) is 5.75 Å². The van der Waals surface area contributed by atoms with E-state index in [0.717, 1.165) is 17.6 Å². The molecule has 1 aromatic rings. The molecule has 3 nitrogen and oxygen atoms in total. The quantitative estimate of drug-likeness (QED) is 0.815. The van der Waals surface area contributed by atoms with Gasteiger partial charge in [0.05, 0.1) is 6.54 Å². The second kappa shape index (κ2) is 6.50. The molecule has 1 N–H and O–H groups in total. The van der Waals surface area contributed by atoms with Crippen LogP contribution in [0.4, 0.5) is 0 Å². The van der Waals surface area contributed by atoms with Gasteiger partial charge in [-0.25, -0.2) is 0 Å². The van der Waals surface area contributed by atoms with Crippen LogP contribution in [0.3, 0.4) is 0 Å². The molecule has 3 rings (SSSR count). The molecular weight excluding hydrogens is 262 g/mol. The molecule has 3 heteroatoms. The average molecular weight is 287 g/mol. The molecule has 0 aliphatic heterocycles. The molecule has 0 radical (unpaired) electrons. The van der Waals surface area contributed by atoms with E-state index in [9.17, 15) is 4.79 Å². The normalized spacial score (nSPS) is 26.8. The Morgan fingerprint density at radius 2 is 2.05 bits per heavy atom. The molecule has 0 spiro atoms. The van der Waals surface area contributed by atoms with Gasteiger partial charge in [0.1, 0.15) is 12.4 Å². The maximum absolute atomic E-state index is 12.0. The van der Waals surface area contributed by atoms with Crippen molar-refractivity contribution in [1.82, 2.24) is 5.32 Å². The van der Waals surface area contributed by atoms with Crippen molar-refractivity contribution in [1.29, 1.82) is 0 Å². The summed E-state index contributed by atoms with van der Waals surface area (Å²) in [5, 5.41) is 2.99. The van der Waals surface area contributed by atoms with Crippen LogP contribution in [0, 0.1) is 24.7 Å². The molecule has 0 saturated heterocycles. The fraction of sp³-hybridized carbons (Fsp3) is 0.611. The lowest BCUT2D eigenvalue weighted by Crippen LogP contribution is -2.30. The molecule has 0 unspecified atom stereocenters. The average Bonchev–Trinajstić information content (AvgIpc) is 3.08. The van der Waals surface area contributed by atoms with Crippen molar-refractivity contribution in [2.75, 3.05) is 13.2 Å². The van der Waals surface area contributed by atoms with Crippen molar-refractivity contribution in [3.63, 3.8) is 0 Å². The molecular formula is C18H25NO2. The summed E-state index contributed by atoms with van der Waals surface area (Å²) >= 11 is 0. The Labute approximate surface area is 127 Å². The lowest BCUT2D eigenvalue weighted by molar-refractivity contribution is -0.122. The van der Waals surface area contributed by atoms with Crippen molar-refractivity contribution in [3.05, 3.63) is 29.8 Å². The lowest BCUT2D eigenvalue weighted by Gasteiger charge is -2.20. The van der Waals surface area contributed by atoms with Gasteiger partial charge in [0, 0.05) is 6.42 Å². The van der Waals surface area contributed by atoms with E-state index in [1.54, 1.807) is 0 Å². The summed E-state index contributed by atoms with van der Waals surface area (Å²) < 4.78 is 5.62. The fourth-order valence-electron chi connectivity index (χ4n) is 3.93. The topological polar surface area (TPSA) is 38.3 Å². The Morgan fingerprint density at radius 3 is 2.71 bits per heavy atom. The zero-order valence-corrected chi connectivity index (χ0v) is 12.8. The SMILES string of the molecule is Cc1ccc(OCCNC(=O)C[C@H]2C[C@H]3CC[C@H]2C3)cc1. The van der Waals surface area contributed by atoms with Gasteiger partial charge in [0.2, 0.25) is 5.91 Å². The van der Waals surface area contributed by atoms with Crippen LogP contribution in [-0.4, -0.2) is 19.1 Å². The lowest BCUT2D eigenvalue weighted by atomic mass is 9.86. The standard InChI is InChI=1S/C18H25NO2/c1-13-2-6-17(7-3-13)21-9-8-19-18(20)12-16-11-14-4-5-15(16)10-14/h2-3,6-7,14-16H,4-5,8-12H2,1H3,(H,19,20)/t14-,15-,16+/m0/s1. The van der Waals surface area contributed by atoms with Gasteiger partial charge in [-0.3, -0.25) is 4.79 Å². The van der Waals surface area contributed by atoms with E-state index in [0.29, 0.717) is 25.5 Å². The minimum Gasteiger partial charge on any atom is -0.492 e. The molecule has 2 saturated carbocycles. The molecule has 2 aliphatic rings. The third-order valence-electron chi connectivity index (χ3n) is 5.05. The monoisotopic (exact) mass is 287 g/mol. The predicted octanol–water partition coefficient (Wildman–Crippen LogP) is 3.32. The number of aryl methyl sites for hydroxylation is 1. The Kier molecular flexibility index (Phi) is 4.47. The maximum atomic E-state index is 12.0. The van der Waals surface area contributed by atoms with E-state index in [1.807, 2.05) is 24.3 Å². The van der Waals surface area contributed by atoms with Crippen molar-refractivity contribution in [2.24, 2.45) is 17.8 Å². The highest BCUT2D eigenvalue weighted by atomic mass is 16.5. The van der Waals surface area contributed by atoms with Crippen LogP contribution in [-0.2, 0) is 4.79 Å². The van der Waals surface area contributed by atoms with E-state index in [1.165, 1.54) is 31.2 Å². The number of ether oxygens (including phenoxy) is 1. The number of amides is 1. The van der Waals surface area contributed by atoms with Gasteiger partial charge < -0.3 is 10.1 Å². The summed E-state index contributed by atoms with van der Waals surface area (Å²) in [6, 6.07) is 7.99.